The van der Waals surface area contributed by atoms with E-state index < -0.39 is 6.10 Å². The molecule has 0 fully saturated rings. The first-order chi connectivity index (χ1) is 9.13. The quantitative estimate of drug-likeness (QED) is 0.865. The molecule has 0 aliphatic heterocycles. The number of hydrogen-bond donors (Lipinski definition) is 1. The van der Waals surface area contributed by atoms with Gasteiger partial charge in [-0.05, 0) is 30.7 Å². The normalized spacial score (nSPS) is 12.4. The number of aryl methyl sites for hydroxylation is 2. The maximum absolute atomic E-state index is 9.92. The van der Waals surface area contributed by atoms with Crippen molar-refractivity contribution in [2.75, 3.05) is 6.61 Å². The van der Waals surface area contributed by atoms with E-state index in [1.54, 1.807) is 4.68 Å². The Morgan fingerprint density at radius 2 is 2.21 bits per heavy atom. The van der Waals surface area contributed by atoms with Crippen LogP contribution >= 0.6 is 0 Å². The molecule has 0 radical (unpaired) electrons. The van der Waals surface area contributed by atoms with Gasteiger partial charge in [0.2, 0.25) is 0 Å². The molecule has 0 aliphatic rings. The van der Waals surface area contributed by atoms with E-state index in [0.29, 0.717) is 19.4 Å². The fourth-order valence-electron chi connectivity index (χ4n) is 1.93. The molecule has 0 bridgehead atoms. The summed E-state index contributed by atoms with van der Waals surface area (Å²) in [5, 5.41) is 14.2. The molecular weight excluding hydrogens is 240 g/mol. The first-order valence-electron chi connectivity index (χ1n) is 6.49. The van der Waals surface area contributed by atoms with Crippen LogP contribution in [0.2, 0.25) is 0 Å². The summed E-state index contributed by atoms with van der Waals surface area (Å²) in [5.74, 6) is 0.852. The predicted molar refractivity (Wildman–Crippen MR) is 74.2 cm³/mol. The molecule has 1 aromatic heterocycles. The molecule has 1 N–H and O–H groups in total. The zero-order valence-corrected chi connectivity index (χ0v) is 11.4. The average molecular weight is 260 g/mol. The lowest BCUT2D eigenvalue weighted by molar-refractivity contribution is 0.138. The van der Waals surface area contributed by atoms with Crippen LogP contribution in [0, 0.1) is 6.92 Å². The Bertz CT molecular complexity index is 522. The van der Waals surface area contributed by atoms with Gasteiger partial charge in [-0.1, -0.05) is 12.1 Å². The fourth-order valence-corrected chi connectivity index (χ4v) is 1.93. The van der Waals surface area contributed by atoms with Crippen LogP contribution in [0.4, 0.5) is 0 Å². The van der Waals surface area contributed by atoms with Gasteiger partial charge in [-0.2, -0.15) is 5.10 Å². The molecule has 4 heteroatoms. The van der Waals surface area contributed by atoms with Gasteiger partial charge < -0.3 is 9.84 Å². The third-order valence-electron chi connectivity index (χ3n) is 2.92. The van der Waals surface area contributed by atoms with Crippen molar-refractivity contribution in [2.24, 2.45) is 7.05 Å². The van der Waals surface area contributed by atoms with E-state index in [9.17, 15) is 5.11 Å². The number of benzene rings is 1. The molecule has 2 rings (SSSR count). The minimum absolute atomic E-state index is 0.417. The molecule has 1 heterocycles. The van der Waals surface area contributed by atoms with Crippen molar-refractivity contribution in [3.8, 4) is 5.75 Å². The number of nitrogens with zero attached hydrogens (tertiary/aromatic N) is 2. The summed E-state index contributed by atoms with van der Waals surface area (Å²) in [5.41, 5.74) is 2.08. The Morgan fingerprint density at radius 3 is 2.89 bits per heavy atom. The number of rotatable bonds is 6. The van der Waals surface area contributed by atoms with Crippen LogP contribution in [0.5, 0.6) is 5.75 Å². The fraction of sp³-hybridized carbons (Fsp3) is 0.400. The van der Waals surface area contributed by atoms with Crippen molar-refractivity contribution in [3.05, 3.63) is 47.8 Å². The highest BCUT2D eigenvalue weighted by atomic mass is 16.5. The van der Waals surface area contributed by atoms with Crippen molar-refractivity contribution in [1.29, 1.82) is 0 Å². The maximum atomic E-state index is 9.92. The summed E-state index contributed by atoms with van der Waals surface area (Å²) < 4.78 is 7.36. The van der Waals surface area contributed by atoms with Crippen molar-refractivity contribution in [2.45, 2.75) is 25.9 Å². The van der Waals surface area contributed by atoms with Gasteiger partial charge in [0.1, 0.15) is 5.75 Å². The Hall–Kier alpha value is -1.81. The van der Waals surface area contributed by atoms with Crippen LogP contribution in [0.25, 0.3) is 0 Å². The summed E-state index contributed by atoms with van der Waals surface area (Å²) in [6, 6.07) is 9.84. The molecule has 1 atom stereocenters. The van der Waals surface area contributed by atoms with E-state index in [4.69, 9.17) is 4.74 Å². The highest BCUT2D eigenvalue weighted by molar-refractivity contribution is 5.27. The number of aliphatic hydroxyl groups excluding tert-OH is 1. The molecule has 0 aliphatic carbocycles. The van der Waals surface area contributed by atoms with Gasteiger partial charge in [-0.3, -0.25) is 4.68 Å². The third-order valence-corrected chi connectivity index (χ3v) is 2.92. The molecule has 0 spiro atoms. The summed E-state index contributed by atoms with van der Waals surface area (Å²) in [7, 11) is 1.87. The first kappa shape index (κ1) is 13.6. The number of ether oxygens (including phenoxy) is 1. The number of aromatic nitrogens is 2. The second-order valence-corrected chi connectivity index (χ2v) is 4.79. The van der Waals surface area contributed by atoms with E-state index in [-0.39, 0.29) is 0 Å². The van der Waals surface area contributed by atoms with E-state index in [0.717, 1.165) is 11.4 Å². The third kappa shape index (κ3) is 4.41. The molecule has 1 unspecified atom stereocenters. The highest BCUT2D eigenvalue weighted by Gasteiger charge is 2.08. The Labute approximate surface area is 113 Å². The largest absolute Gasteiger partial charge is 0.493 e. The van der Waals surface area contributed by atoms with Gasteiger partial charge in [0, 0.05) is 26.1 Å². The Kier molecular flexibility index (Phi) is 4.58. The van der Waals surface area contributed by atoms with E-state index >= 15 is 0 Å². The zero-order valence-electron chi connectivity index (χ0n) is 11.4. The first-order valence-corrected chi connectivity index (χ1v) is 6.49. The summed E-state index contributed by atoms with van der Waals surface area (Å²) in [4.78, 5) is 0. The van der Waals surface area contributed by atoms with Gasteiger partial charge in [0.25, 0.3) is 0 Å². The monoisotopic (exact) mass is 260 g/mol. The molecule has 2 aromatic rings. The number of hydrogen-bond acceptors (Lipinski definition) is 3. The molecule has 1 aromatic carbocycles. The molecule has 0 saturated carbocycles. The van der Waals surface area contributed by atoms with Crippen LogP contribution in [-0.2, 0) is 13.5 Å². The summed E-state index contributed by atoms with van der Waals surface area (Å²) in [6.07, 6.45) is 2.63. The lowest BCUT2D eigenvalue weighted by atomic mass is 10.1. The molecule has 0 amide bonds. The van der Waals surface area contributed by atoms with Crippen LogP contribution < -0.4 is 4.74 Å². The lowest BCUT2D eigenvalue weighted by Crippen LogP contribution is -2.15. The van der Waals surface area contributed by atoms with Crippen LogP contribution in [-0.4, -0.2) is 27.6 Å². The Balaban J connectivity index is 1.73. The van der Waals surface area contributed by atoms with Gasteiger partial charge in [0.15, 0.2) is 0 Å². The minimum Gasteiger partial charge on any atom is -0.493 e. The SMILES string of the molecule is Cc1cccc(OCCC(O)Cc2ccn(C)n2)c1. The molecular formula is C15H20N2O2. The van der Waals surface area contributed by atoms with E-state index in [1.807, 2.05) is 50.5 Å². The van der Waals surface area contributed by atoms with Crippen LogP contribution in [0.3, 0.4) is 0 Å². The molecule has 102 valence electrons. The standard InChI is InChI=1S/C15H20N2O2/c1-12-4-3-5-15(10-12)19-9-7-14(18)11-13-6-8-17(2)16-13/h3-6,8,10,14,18H,7,9,11H2,1-2H3. The van der Waals surface area contributed by atoms with Crippen molar-refractivity contribution >= 4 is 0 Å². The van der Waals surface area contributed by atoms with Gasteiger partial charge in [0.05, 0.1) is 18.4 Å². The van der Waals surface area contributed by atoms with Gasteiger partial charge >= 0.3 is 0 Å². The summed E-state index contributed by atoms with van der Waals surface area (Å²) in [6.45, 7) is 2.54. The van der Waals surface area contributed by atoms with E-state index in [1.165, 1.54) is 5.56 Å². The molecule has 4 nitrogen and oxygen atoms in total. The average Bonchev–Trinajstić information content (AvgIpc) is 2.75. The molecule has 19 heavy (non-hydrogen) atoms. The molecule has 0 saturated heterocycles. The topological polar surface area (TPSA) is 47.3 Å². The minimum atomic E-state index is -0.417. The smallest absolute Gasteiger partial charge is 0.119 e. The maximum Gasteiger partial charge on any atom is 0.119 e. The van der Waals surface area contributed by atoms with Crippen LogP contribution in [0.15, 0.2) is 36.5 Å². The van der Waals surface area contributed by atoms with Crippen molar-refractivity contribution in [3.63, 3.8) is 0 Å². The summed E-state index contributed by atoms with van der Waals surface area (Å²) >= 11 is 0. The van der Waals surface area contributed by atoms with Crippen LogP contribution in [0.1, 0.15) is 17.7 Å². The predicted octanol–water partition coefficient (Wildman–Crippen LogP) is 2.10. The van der Waals surface area contributed by atoms with E-state index in [2.05, 4.69) is 5.10 Å². The second-order valence-electron chi connectivity index (χ2n) is 4.79. The van der Waals surface area contributed by atoms with Gasteiger partial charge in [-0.15, -0.1) is 0 Å². The Morgan fingerprint density at radius 1 is 1.37 bits per heavy atom. The number of aliphatic hydroxyl groups is 1. The van der Waals surface area contributed by atoms with Crippen molar-refractivity contribution < 1.29 is 9.84 Å². The van der Waals surface area contributed by atoms with Gasteiger partial charge in [-0.25, -0.2) is 0 Å². The second kappa shape index (κ2) is 6.38. The highest BCUT2D eigenvalue weighted by Crippen LogP contribution is 2.13. The lowest BCUT2D eigenvalue weighted by Gasteiger charge is -2.10. The van der Waals surface area contributed by atoms with Crippen molar-refractivity contribution in [1.82, 2.24) is 9.78 Å². The zero-order chi connectivity index (χ0) is 13.7.